The molecule has 1 unspecified atom stereocenters. The first-order chi connectivity index (χ1) is 22.6. The summed E-state index contributed by atoms with van der Waals surface area (Å²) in [5, 5.41) is 18.8. The molecule has 2 aliphatic heterocycles. The maximum absolute atomic E-state index is 15.6. The number of fused-ring (bicyclic) bond motifs is 1. The number of oxime groups is 1. The van der Waals surface area contributed by atoms with Crippen LogP contribution in [0.1, 0.15) is 24.0 Å². The van der Waals surface area contributed by atoms with Gasteiger partial charge in [-0.15, -0.1) is 11.7 Å². The standard InChI is InChI=1S/C32H27F6N5O4S/c1-3-10-31(34,35)28-9-8-25(42-47-28)20-6-4-19(5-7-20)16-43-26-12-23(21-11-29(41-40-15-21)46-18-32(36,37)38)24(33)13-27(26)48(2,45)17-22(14-39)30(43)44/h3-7,9,11-15,22,39H,1-2,8,10,16-18H2/t22-,48?/m0/s1. The molecule has 3 aromatic rings. The normalized spacial score (nSPS) is 19.8. The molecule has 1 N–H and O–H groups in total. The Balaban J connectivity index is 1.48. The number of nitrogens with one attached hydrogen (secondary N) is 1. The summed E-state index contributed by atoms with van der Waals surface area (Å²) in [7, 11) is -3.32. The lowest BCUT2D eigenvalue weighted by molar-refractivity contribution is -0.154. The zero-order chi connectivity index (χ0) is 34.9. The van der Waals surface area contributed by atoms with E-state index in [9.17, 15) is 31.0 Å². The van der Waals surface area contributed by atoms with E-state index >= 15 is 4.39 Å². The van der Waals surface area contributed by atoms with Crippen molar-refractivity contribution in [3.05, 3.63) is 90.1 Å². The van der Waals surface area contributed by atoms with Gasteiger partial charge in [0.05, 0.1) is 35.0 Å². The van der Waals surface area contributed by atoms with Crippen molar-refractivity contribution < 1.29 is 44.9 Å². The molecule has 48 heavy (non-hydrogen) atoms. The van der Waals surface area contributed by atoms with Crippen LogP contribution < -0.4 is 9.64 Å². The van der Waals surface area contributed by atoms with Crippen molar-refractivity contribution in [3.63, 3.8) is 0 Å². The summed E-state index contributed by atoms with van der Waals surface area (Å²) < 4.78 is 100. The Labute approximate surface area is 271 Å². The highest BCUT2D eigenvalue weighted by Gasteiger charge is 2.37. The van der Waals surface area contributed by atoms with Crippen LogP contribution >= 0.6 is 0 Å². The first kappa shape index (κ1) is 34.3. The zero-order valence-electron chi connectivity index (χ0n) is 25.0. The van der Waals surface area contributed by atoms with Crippen LogP contribution in [0.2, 0.25) is 0 Å². The van der Waals surface area contributed by atoms with Crippen LogP contribution in [0.15, 0.2) is 83.2 Å². The van der Waals surface area contributed by atoms with Gasteiger partial charge in [-0.3, -0.25) is 9.00 Å². The topological polar surface area (TPSA) is 118 Å². The highest BCUT2D eigenvalue weighted by Crippen LogP contribution is 2.39. The second kappa shape index (κ2) is 13.3. The van der Waals surface area contributed by atoms with Crippen LogP contribution in [0, 0.1) is 17.1 Å². The van der Waals surface area contributed by atoms with E-state index in [1.165, 1.54) is 17.0 Å². The van der Waals surface area contributed by atoms with Gasteiger partial charge in [-0.25, -0.2) is 4.39 Å². The largest absolute Gasteiger partial charge is 0.467 e. The van der Waals surface area contributed by atoms with Crippen molar-refractivity contribution >= 4 is 38.9 Å². The second-order valence-electron chi connectivity index (χ2n) is 11.0. The first-order valence-corrected chi connectivity index (χ1v) is 16.1. The molecule has 0 radical (unpaired) electrons. The minimum atomic E-state index is -4.66. The molecule has 5 rings (SSSR count). The third-order valence-corrected chi connectivity index (χ3v) is 9.45. The number of alkyl halides is 5. The first-order valence-electron chi connectivity index (χ1n) is 14.2. The number of benzene rings is 2. The maximum Gasteiger partial charge on any atom is 0.422 e. The second-order valence-corrected chi connectivity index (χ2v) is 13.4. The Morgan fingerprint density at radius 2 is 1.85 bits per heavy atom. The van der Waals surface area contributed by atoms with E-state index in [1.54, 1.807) is 24.3 Å². The average Bonchev–Trinajstić information content (AvgIpc) is 3.12. The molecule has 252 valence electrons. The minimum Gasteiger partial charge on any atom is -0.467 e. The number of ether oxygens (including phenoxy) is 1. The molecule has 0 spiro atoms. The molecular weight excluding hydrogens is 664 g/mol. The summed E-state index contributed by atoms with van der Waals surface area (Å²) in [4.78, 5) is 19.8. The summed E-state index contributed by atoms with van der Waals surface area (Å²) in [6.07, 6.45) is -0.955. The van der Waals surface area contributed by atoms with E-state index < -0.39 is 63.9 Å². The van der Waals surface area contributed by atoms with Gasteiger partial charge in [0.25, 0.3) is 0 Å². The highest BCUT2D eigenvalue weighted by atomic mass is 32.2. The predicted octanol–water partition coefficient (Wildman–Crippen LogP) is 6.33. The molecule has 2 aliphatic rings. The van der Waals surface area contributed by atoms with Crippen LogP contribution in [-0.4, -0.2) is 62.6 Å². The van der Waals surface area contributed by atoms with Crippen molar-refractivity contribution in [2.24, 2.45) is 11.1 Å². The third kappa shape index (κ3) is 7.43. The number of carbonyl (C=O) groups excluding carboxylic acids is 1. The van der Waals surface area contributed by atoms with E-state index in [4.69, 9.17) is 10.2 Å². The molecule has 0 aliphatic carbocycles. The predicted molar refractivity (Wildman–Crippen MR) is 167 cm³/mol. The lowest BCUT2D eigenvalue weighted by Gasteiger charge is -2.25. The summed E-state index contributed by atoms with van der Waals surface area (Å²) in [6.45, 7) is 1.53. The van der Waals surface area contributed by atoms with Gasteiger partial charge >= 0.3 is 12.1 Å². The average molecular weight is 692 g/mol. The van der Waals surface area contributed by atoms with Gasteiger partial charge in [0, 0.05) is 42.0 Å². The smallest absolute Gasteiger partial charge is 0.422 e. The van der Waals surface area contributed by atoms with Crippen molar-refractivity contribution in [3.8, 4) is 17.0 Å². The van der Waals surface area contributed by atoms with Gasteiger partial charge in [0.2, 0.25) is 17.5 Å². The van der Waals surface area contributed by atoms with E-state index in [0.717, 1.165) is 30.6 Å². The number of amides is 1. The SMILES string of the molecule is C=CCC(F)(F)C1=CCC(c2ccc(CN3C(=O)[C@@H](C=N)CS(=C)(=O)c4cc(F)c(-c5cnnc(OCC(F)(F)F)c5)cc43)cc2)=NO1. The number of anilines is 1. The fourth-order valence-corrected chi connectivity index (χ4v) is 6.94. The summed E-state index contributed by atoms with van der Waals surface area (Å²) in [6, 6.07) is 9.78. The van der Waals surface area contributed by atoms with Crippen molar-refractivity contribution in [2.75, 3.05) is 17.3 Å². The summed E-state index contributed by atoms with van der Waals surface area (Å²) >= 11 is 0. The van der Waals surface area contributed by atoms with Gasteiger partial charge in [0.1, 0.15) is 5.82 Å². The quantitative estimate of drug-likeness (QED) is 0.115. The molecule has 0 fully saturated rings. The van der Waals surface area contributed by atoms with Gasteiger partial charge in [0.15, 0.2) is 6.61 Å². The van der Waals surface area contributed by atoms with E-state index in [2.05, 4.69) is 32.5 Å². The zero-order valence-corrected chi connectivity index (χ0v) is 25.8. The van der Waals surface area contributed by atoms with Crippen LogP contribution in [0.3, 0.4) is 0 Å². The molecule has 0 bridgehead atoms. The number of allylic oxidation sites excluding steroid dienone is 3. The van der Waals surface area contributed by atoms with Crippen molar-refractivity contribution in [1.82, 2.24) is 10.2 Å². The number of nitrogens with zero attached hydrogens (tertiary/aromatic N) is 4. The minimum absolute atomic E-state index is 0.0163. The molecular formula is C32H27F6N5O4S. The summed E-state index contributed by atoms with van der Waals surface area (Å²) in [5.74, 6) is -3.65. The molecule has 1 aromatic heterocycles. The highest BCUT2D eigenvalue weighted by molar-refractivity contribution is 8.00. The molecule has 3 heterocycles. The van der Waals surface area contributed by atoms with E-state index in [0.29, 0.717) is 16.8 Å². The van der Waals surface area contributed by atoms with Crippen LogP contribution in [-0.2, 0) is 25.7 Å². The van der Waals surface area contributed by atoms with Gasteiger partial charge < -0.3 is 19.9 Å². The van der Waals surface area contributed by atoms with Gasteiger partial charge in [-0.05, 0) is 44.7 Å². The Kier molecular flexibility index (Phi) is 9.48. The fourth-order valence-electron chi connectivity index (χ4n) is 5.07. The van der Waals surface area contributed by atoms with Gasteiger partial charge in [-0.1, -0.05) is 35.5 Å². The monoisotopic (exact) mass is 691 g/mol. The van der Waals surface area contributed by atoms with Crippen molar-refractivity contribution in [2.45, 2.75) is 36.4 Å². The molecule has 1 amide bonds. The fraction of sp³-hybridized carbons (Fsp3) is 0.250. The molecule has 9 nitrogen and oxygen atoms in total. The van der Waals surface area contributed by atoms with Crippen LogP contribution in [0.4, 0.5) is 32.0 Å². The molecule has 0 saturated heterocycles. The number of hydrogen-bond acceptors (Lipinski definition) is 8. The van der Waals surface area contributed by atoms with Crippen LogP contribution in [0.5, 0.6) is 5.88 Å². The number of rotatable bonds is 10. The van der Waals surface area contributed by atoms with Crippen LogP contribution in [0.25, 0.3) is 11.1 Å². The van der Waals surface area contributed by atoms with Crippen molar-refractivity contribution in [1.29, 1.82) is 5.41 Å². The lowest BCUT2D eigenvalue weighted by atomic mass is 10.0. The number of carbonyl (C=O) groups is 1. The van der Waals surface area contributed by atoms with E-state index in [-0.39, 0.29) is 40.4 Å². The number of aromatic nitrogens is 2. The molecule has 16 heteroatoms. The van der Waals surface area contributed by atoms with Gasteiger partial charge in [-0.2, -0.15) is 27.1 Å². The Bertz CT molecular complexity index is 1930. The molecule has 2 atom stereocenters. The summed E-state index contributed by atoms with van der Waals surface area (Å²) in [5.41, 5.74) is 1.27. The lowest BCUT2D eigenvalue weighted by Crippen LogP contribution is -2.37. The third-order valence-electron chi connectivity index (χ3n) is 7.42. The molecule has 0 saturated carbocycles. The number of hydrogen-bond donors (Lipinski definition) is 1. The molecule has 2 aromatic carbocycles. The Hall–Kier alpha value is -4.99. The number of halogens is 6. The Morgan fingerprint density at radius 3 is 2.48 bits per heavy atom. The maximum atomic E-state index is 15.6. The Morgan fingerprint density at radius 1 is 1.12 bits per heavy atom. The van der Waals surface area contributed by atoms with E-state index in [1.807, 2.05) is 0 Å².